The third-order valence-electron chi connectivity index (χ3n) is 10.5. The Morgan fingerprint density at radius 2 is 1.27 bits per heavy atom. The molecule has 4 aromatic carbocycles. The van der Waals surface area contributed by atoms with Crippen molar-refractivity contribution in [3.05, 3.63) is 119 Å². The number of unbranched alkanes of at least 4 members (excludes halogenated alkanes) is 3. The van der Waals surface area contributed by atoms with Gasteiger partial charge in [-0.2, -0.15) is 0 Å². The Labute approximate surface area is 265 Å². The van der Waals surface area contributed by atoms with Gasteiger partial charge in [0.2, 0.25) is 0 Å². The van der Waals surface area contributed by atoms with Gasteiger partial charge in [-0.25, -0.2) is 0 Å². The van der Waals surface area contributed by atoms with Crippen molar-refractivity contribution < 1.29 is 4.74 Å². The maximum Gasteiger partial charge on any atom is 0.0762 e. The lowest BCUT2D eigenvalue weighted by molar-refractivity contribution is -0.00471. The van der Waals surface area contributed by atoms with E-state index in [4.69, 9.17) is 4.74 Å². The van der Waals surface area contributed by atoms with Gasteiger partial charge in [-0.1, -0.05) is 116 Å². The normalized spacial score (nSPS) is 16.9. The van der Waals surface area contributed by atoms with Crippen LogP contribution < -0.4 is 0 Å². The summed E-state index contributed by atoms with van der Waals surface area (Å²) in [4.78, 5) is 0. The molecule has 2 unspecified atom stereocenters. The third-order valence-corrected chi connectivity index (χ3v) is 15.8. The Balaban J connectivity index is 1.36. The molecule has 0 amide bonds. The summed E-state index contributed by atoms with van der Waals surface area (Å²) in [6, 6.07) is 36.4. The van der Waals surface area contributed by atoms with Gasteiger partial charge < -0.3 is 9.30 Å². The third kappa shape index (κ3) is 4.80. The van der Waals surface area contributed by atoms with E-state index < -0.39 is 8.07 Å². The van der Waals surface area contributed by atoms with Crippen molar-refractivity contribution in [2.75, 3.05) is 6.61 Å². The molecular weight excluding hydrogens is 551 g/mol. The smallest absolute Gasteiger partial charge is 0.0762 e. The molecule has 2 aliphatic rings. The predicted octanol–water partition coefficient (Wildman–Crippen LogP) is 10.9. The van der Waals surface area contributed by atoms with Crippen LogP contribution in [0.15, 0.2) is 91.0 Å². The van der Waals surface area contributed by atoms with Crippen LogP contribution in [0.25, 0.3) is 33.3 Å². The Morgan fingerprint density at radius 3 is 1.91 bits per heavy atom. The van der Waals surface area contributed by atoms with Gasteiger partial charge in [-0.05, 0) is 79.6 Å². The zero-order valence-electron chi connectivity index (χ0n) is 27.4. The van der Waals surface area contributed by atoms with Crippen LogP contribution in [0, 0.1) is 6.92 Å². The van der Waals surface area contributed by atoms with Crippen LogP contribution in [0.4, 0.5) is 0 Å². The Kier molecular flexibility index (Phi) is 7.46. The number of aromatic nitrogens is 1. The molecule has 0 aliphatic heterocycles. The Bertz CT molecular complexity index is 1800. The SMILES string of the molecule is Cc1ccc2c(c1)c1c(n2C)-c2ccccc2C1[Si](C)(CCCCCCOC(C)(C)C)C1c2ccccc2-c2ccccc21. The van der Waals surface area contributed by atoms with Crippen LogP contribution >= 0.6 is 0 Å². The van der Waals surface area contributed by atoms with Gasteiger partial charge in [0.1, 0.15) is 0 Å². The van der Waals surface area contributed by atoms with Crippen molar-refractivity contribution in [2.24, 2.45) is 7.05 Å². The maximum absolute atomic E-state index is 6.05. The van der Waals surface area contributed by atoms with E-state index in [2.05, 4.69) is 137 Å². The first-order valence-corrected chi connectivity index (χ1v) is 19.6. The minimum atomic E-state index is -2.15. The van der Waals surface area contributed by atoms with Gasteiger partial charge in [0.05, 0.1) is 19.4 Å². The number of benzene rings is 4. The number of fused-ring (bicyclic) bond motifs is 8. The molecule has 1 heterocycles. The number of hydrogen-bond acceptors (Lipinski definition) is 1. The van der Waals surface area contributed by atoms with Crippen molar-refractivity contribution in [1.29, 1.82) is 0 Å². The van der Waals surface area contributed by atoms with E-state index in [9.17, 15) is 0 Å². The highest BCUT2D eigenvalue weighted by molar-refractivity contribution is 6.83. The van der Waals surface area contributed by atoms with E-state index in [0.29, 0.717) is 11.1 Å². The molecular formula is C41H47NOSi. The summed E-state index contributed by atoms with van der Waals surface area (Å²) in [5, 5.41) is 1.46. The summed E-state index contributed by atoms with van der Waals surface area (Å²) in [6.07, 6.45) is 4.92. The molecule has 226 valence electrons. The summed E-state index contributed by atoms with van der Waals surface area (Å²) in [5.41, 5.74) is 15.6. The van der Waals surface area contributed by atoms with Crippen molar-refractivity contribution in [3.8, 4) is 22.4 Å². The van der Waals surface area contributed by atoms with E-state index >= 15 is 0 Å². The molecule has 0 fully saturated rings. The van der Waals surface area contributed by atoms with Gasteiger partial charge in [0, 0.05) is 41.2 Å². The van der Waals surface area contributed by atoms with Crippen molar-refractivity contribution >= 4 is 19.0 Å². The summed E-state index contributed by atoms with van der Waals surface area (Å²) >= 11 is 0. The van der Waals surface area contributed by atoms with Crippen molar-refractivity contribution in [3.63, 3.8) is 0 Å². The second-order valence-corrected chi connectivity index (χ2v) is 19.3. The molecule has 0 radical (unpaired) electrons. The monoisotopic (exact) mass is 597 g/mol. The lowest BCUT2D eigenvalue weighted by Crippen LogP contribution is -2.45. The highest BCUT2D eigenvalue weighted by Gasteiger charge is 2.53. The number of ether oxygens (including phenoxy) is 1. The van der Waals surface area contributed by atoms with Gasteiger partial charge in [0.15, 0.2) is 0 Å². The molecule has 0 saturated heterocycles. The van der Waals surface area contributed by atoms with Crippen LogP contribution in [-0.4, -0.2) is 24.8 Å². The van der Waals surface area contributed by atoms with Crippen LogP contribution in [0.2, 0.25) is 12.6 Å². The fourth-order valence-electron chi connectivity index (χ4n) is 8.67. The van der Waals surface area contributed by atoms with Crippen LogP contribution in [0.3, 0.4) is 0 Å². The predicted molar refractivity (Wildman–Crippen MR) is 189 cm³/mol. The number of nitrogens with zero attached hydrogens (tertiary/aromatic N) is 1. The quantitative estimate of drug-likeness (QED) is 0.122. The molecule has 2 nitrogen and oxygen atoms in total. The first kappa shape index (κ1) is 29.3. The molecule has 3 heteroatoms. The average Bonchev–Trinajstić information content (AvgIpc) is 3.62. The summed E-state index contributed by atoms with van der Waals surface area (Å²) < 4.78 is 8.54. The fraction of sp³-hybridized carbons (Fsp3) is 0.366. The second-order valence-electron chi connectivity index (χ2n) is 14.6. The first-order chi connectivity index (χ1) is 21.2. The minimum absolute atomic E-state index is 0.0564. The second kappa shape index (κ2) is 11.2. The lowest BCUT2D eigenvalue weighted by Gasteiger charge is -2.41. The maximum atomic E-state index is 6.05. The van der Waals surface area contributed by atoms with E-state index in [1.165, 1.54) is 64.2 Å². The minimum Gasteiger partial charge on any atom is -0.376 e. The Hall–Kier alpha value is -3.40. The fourth-order valence-corrected chi connectivity index (χ4v) is 14.4. The molecule has 0 bridgehead atoms. The molecule has 2 aliphatic carbocycles. The molecule has 44 heavy (non-hydrogen) atoms. The zero-order chi connectivity index (χ0) is 30.6. The molecule has 5 aromatic rings. The highest BCUT2D eigenvalue weighted by Crippen LogP contribution is 2.60. The van der Waals surface area contributed by atoms with E-state index in [-0.39, 0.29) is 5.60 Å². The van der Waals surface area contributed by atoms with Crippen LogP contribution in [-0.2, 0) is 11.8 Å². The topological polar surface area (TPSA) is 14.2 Å². The van der Waals surface area contributed by atoms with Crippen molar-refractivity contribution in [2.45, 2.75) is 82.7 Å². The van der Waals surface area contributed by atoms with Gasteiger partial charge in [-0.15, -0.1) is 0 Å². The van der Waals surface area contributed by atoms with Crippen LogP contribution in [0.1, 0.15) is 85.4 Å². The lowest BCUT2D eigenvalue weighted by atomic mass is 10.1. The molecule has 7 rings (SSSR count). The van der Waals surface area contributed by atoms with Gasteiger partial charge >= 0.3 is 0 Å². The molecule has 0 saturated carbocycles. The summed E-state index contributed by atoms with van der Waals surface area (Å²) in [6.45, 7) is 12.3. The highest BCUT2D eigenvalue weighted by atomic mass is 28.3. The van der Waals surface area contributed by atoms with Crippen LogP contribution in [0.5, 0.6) is 0 Å². The molecule has 1 aromatic heterocycles. The molecule has 0 spiro atoms. The number of hydrogen-bond donors (Lipinski definition) is 0. The van der Waals surface area contributed by atoms with Crippen molar-refractivity contribution in [1.82, 2.24) is 4.57 Å². The Morgan fingerprint density at radius 1 is 0.705 bits per heavy atom. The number of rotatable bonds is 9. The van der Waals surface area contributed by atoms with E-state index in [1.807, 2.05) is 0 Å². The molecule has 0 N–H and O–H groups in total. The molecule has 2 atom stereocenters. The first-order valence-electron chi connectivity index (χ1n) is 16.7. The zero-order valence-corrected chi connectivity index (χ0v) is 28.4. The van der Waals surface area contributed by atoms with Gasteiger partial charge in [-0.3, -0.25) is 0 Å². The average molecular weight is 598 g/mol. The van der Waals surface area contributed by atoms with Gasteiger partial charge in [0.25, 0.3) is 0 Å². The van der Waals surface area contributed by atoms with E-state index in [0.717, 1.165) is 13.0 Å². The summed E-state index contributed by atoms with van der Waals surface area (Å²) in [7, 11) is 0.134. The largest absolute Gasteiger partial charge is 0.376 e. The number of aryl methyl sites for hydroxylation is 2. The van der Waals surface area contributed by atoms with E-state index in [1.54, 1.807) is 22.3 Å². The standard InChI is InChI=1S/C41H47NOSi/c1-28-23-24-36-35(27-28)37-38(42(36)5)31-19-11-14-22-34(31)40(37)44(6,26-16-8-7-15-25-43-41(2,3)4)39-32-20-12-9-17-29(32)30-18-10-13-21-33(30)39/h9-14,17-24,27,39-40H,7-8,15-16,25-26H2,1-6H3. The summed E-state index contributed by atoms with van der Waals surface area (Å²) in [5.74, 6) is 0.